The highest BCUT2D eigenvalue weighted by atomic mass is 16.6. The van der Waals surface area contributed by atoms with E-state index in [-0.39, 0.29) is 37.7 Å². The van der Waals surface area contributed by atoms with E-state index in [0.29, 0.717) is 13.0 Å². The number of rotatable bonds is 12. The summed E-state index contributed by atoms with van der Waals surface area (Å²) in [6.07, 6.45) is 11.4. The van der Waals surface area contributed by atoms with Crippen LogP contribution in [0.15, 0.2) is 0 Å². The van der Waals surface area contributed by atoms with Crippen molar-refractivity contribution in [1.82, 2.24) is 9.80 Å². The third-order valence-electron chi connectivity index (χ3n) is 5.91. The molecular weight excluding hydrogens is 484 g/mol. The molecule has 0 N–H and O–H groups in total. The molecule has 1 aliphatic rings. The summed E-state index contributed by atoms with van der Waals surface area (Å²) in [7, 11) is 0. The molecule has 8 nitrogen and oxygen atoms in total. The highest BCUT2D eigenvalue weighted by Gasteiger charge is 2.38. The number of ether oxygens (including phenoxy) is 3. The molecule has 0 aromatic rings. The molecule has 0 spiro atoms. The van der Waals surface area contributed by atoms with Gasteiger partial charge < -0.3 is 14.2 Å². The van der Waals surface area contributed by atoms with Gasteiger partial charge in [-0.15, -0.1) is 12.3 Å². The summed E-state index contributed by atoms with van der Waals surface area (Å²) in [6.45, 7) is 17.3. The summed E-state index contributed by atoms with van der Waals surface area (Å²) in [6, 6.07) is -0.161. The van der Waals surface area contributed by atoms with Crippen molar-refractivity contribution in [3.8, 4) is 12.3 Å². The fourth-order valence-electron chi connectivity index (χ4n) is 4.76. The molecule has 0 bridgehead atoms. The zero-order chi connectivity index (χ0) is 29.1. The predicted molar refractivity (Wildman–Crippen MR) is 149 cm³/mol. The van der Waals surface area contributed by atoms with E-state index in [2.05, 4.69) is 10.8 Å². The first-order valence-corrected chi connectivity index (χ1v) is 14.0. The molecule has 1 saturated carbocycles. The van der Waals surface area contributed by atoms with Gasteiger partial charge in [0.1, 0.15) is 16.8 Å². The molecule has 2 unspecified atom stereocenters. The third-order valence-corrected chi connectivity index (χ3v) is 5.91. The molecule has 0 aromatic heterocycles. The van der Waals surface area contributed by atoms with Crippen LogP contribution in [0.25, 0.3) is 0 Å². The zero-order valence-electron chi connectivity index (χ0n) is 25.4. The van der Waals surface area contributed by atoms with E-state index in [1.165, 1.54) is 0 Å². The summed E-state index contributed by atoms with van der Waals surface area (Å²) in [5, 5.41) is 0. The first-order valence-electron chi connectivity index (χ1n) is 14.0. The summed E-state index contributed by atoms with van der Waals surface area (Å²) < 4.78 is 16.9. The van der Waals surface area contributed by atoms with Crippen LogP contribution in [-0.4, -0.2) is 82.8 Å². The van der Waals surface area contributed by atoms with Gasteiger partial charge in [0.05, 0.1) is 19.6 Å². The molecule has 1 rings (SSSR count). The van der Waals surface area contributed by atoms with Gasteiger partial charge in [-0.25, -0.2) is 0 Å². The Bertz CT molecular complexity index is 783. The van der Waals surface area contributed by atoms with Gasteiger partial charge in [0.25, 0.3) is 0 Å². The van der Waals surface area contributed by atoms with Gasteiger partial charge in [0.15, 0.2) is 0 Å². The van der Waals surface area contributed by atoms with E-state index in [9.17, 15) is 14.4 Å². The van der Waals surface area contributed by atoms with Crippen molar-refractivity contribution in [3.63, 3.8) is 0 Å². The second-order valence-corrected chi connectivity index (χ2v) is 13.2. The van der Waals surface area contributed by atoms with Crippen LogP contribution in [0.2, 0.25) is 0 Å². The van der Waals surface area contributed by atoms with Crippen LogP contribution in [0, 0.1) is 12.3 Å². The Labute approximate surface area is 231 Å². The predicted octanol–water partition coefficient (Wildman–Crippen LogP) is 4.73. The summed E-state index contributed by atoms with van der Waals surface area (Å²) in [5.74, 6) is 1.61. The Balaban J connectivity index is 3.25. The minimum atomic E-state index is -0.638. The van der Waals surface area contributed by atoms with Gasteiger partial charge in [-0.2, -0.15) is 0 Å². The Morgan fingerprint density at radius 1 is 0.684 bits per heavy atom. The zero-order valence-corrected chi connectivity index (χ0v) is 25.4. The van der Waals surface area contributed by atoms with E-state index < -0.39 is 28.7 Å². The molecule has 0 saturated heterocycles. The minimum absolute atomic E-state index is 0.0327. The normalized spacial score (nSPS) is 18.7. The molecule has 0 heterocycles. The number of esters is 3. The maximum absolute atomic E-state index is 12.9. The lowest BCUT2D eigenvalue weighted by atomic mass is 9.87. The van der Waals surface area contributed by atoms with Crippen molar-refractivity contribution in [3.05, 3.63) is 0 Å². The van der Waals surface area contributed by atoms with Gasteiger partial charge in [-0.3, -0.25) is 24.2 Å². The molecule has 0 radical (unpaired) electrons. The molecule has 1 aliphatic carbocycles. The second-order valence-electron chi connectivity index (χ2n) is 13.2. The highest BCUT2D eigenvalue weighted by Crippen LogP contribution is 2.29. The Hall–Kier alpha value is -2.11. The highest BCUT2D eigenvalue weighted by molar-refractivity contribution is 5.75. The number of terminal acetylenes is 1. The Kier molecular flexibility index (Phi) is 13.3. The molecule has 0 aromatic carbocycles. The Morgan fingerprint density at radius 3 is 1.42 bits per heavy atom. The van der Waals surface area contributed by atoms with Gasteiger partial charge in [0.2, 0.25) is 0 Å². The summed E-state index contributed by atoms with van der Waals surface area (Å²) in [4.78, 5) is 42.8. The average molecular weight is 537 g/mol. The SMILES string of the molecule is C#CCCCCN(CC(=O)OC(C)(C)C)C1CCCCC1N(CC(=O)OC(C)(C)C)CC(=O)OC(C)(C)C. The van der Waals surface area contributed by atoms with E-state index in [4.69, 9.17) is 20.6 Å². The summed E-state index contributed by atoms with van der Waals surface area (Å²) in [5.41, 5.74) is -1.86. The average Bonchev–Trinajstić information content (AvgIpc) is 2.71. The van der Waals surface area contributed by atoms with Gasteiger partial charge in [0, 0.05) is 18.5 Å². The van der Waals surface area contributed by atoms with Crippen molar-refractivity contribution >= 4 is 17.9 Å². The van der Waals surface area contributed by atoms with Crippen molar-refractivity contribution in [2.45, 2.75) is 136 Å². The molecule has 218 valence electrons. The monoisotopic (exact) mass is 536 g/mol. The van der Waals surface area contributed by atoms with Crippen LogP contribution in [0.1, 0.15) is 107 Å². The molecular formula is C30H52N2O6. The lowest BCUT2D eigenvalue weighted by Gasteiger charge is -2.44. The lowest BCUT2D eigenvalue weighted by Crippen LogP contribution is -2.57. The molecule has 38 heavy (non-hydrogen) atoms. The largest absolute Gasteiger partial charge is 0.459 e. The van der Waals surface area contributed by atoms with E-state index >= 15 is 0 Å². The number of carbonyl (C=O) groups is 3. The topological polar surface area (TPSA) is 85.4 Å². The number of hydrogen-bond acceptors (Lipinski definition) is 8. The van der Waals surface area contributed by atoms with Crippen molar-refractivity contribution < 1.29 is 28.6 Å². The van der Waals surface area contributed by atoms with Crippen molar-refractivity contribution in [2.75, 3.05) is 26.2 Å². The van der Waals surface area contributed by atoms with Crippen molar-refractivity contribution in [1.29, 1.82) is 0 Å². The first kappa shape index (κ1) is 33.9. The molecule has 2 atom stereocenters. The fraction of sp³-hybridized carbons (Fsp3) is 0.833. The maximum Gasteiger partial charge on any atom is 0.320 e. The van der Waals surface area contributed by atoms with Crippen LogP contribution in [0.4, 0.5) is 0 Å². The fourth-order valence-corrected chi connectivity index (χ4v) is 4.76. The molecule has 1 fully saturated rings. The van der Waals surface area contributed by atoms with Crippen LogP contribution in [-0.2, 0) is 28.6 Å². The Morgan fingerprint density at radius 2 is 1.05 bits per heavy atom. The second kappa shape index (κ2) is 14.9. The van der Waals surface area contributed by atoms with E-state index in [1.54, 1.807) is 0 Å². The van der Waals surface area contributed by atoms with Crippen LogP contribution < -0.4 is 0 Å². The standard InChI is InChI=1S/C30H52N2O6/c1-11-12-13-16-19-31(20-25(33)36-28(2,3)4)23-17-14-15-18-24(23)32(21-26(34)37-29(5,6)7)22-27(35)38-30(8,9)10/h1,23-24H,12-22H2,2-10H3. The number of unbranched alkanes of at least 4 members (excludes halogenated alkanes) is 2. The van der Waals surface area contributed by atoms with E-state index in [0.717, 1.165) is 38.5 Å². The quantitative estimate of drug-likeness (QED) is 0.153. The number of nitrogens with zero attached hydrogens (tertiary/aromatic N) is 2. The van der Waals surface area contributed by atoms with Gasteiger partial charge in [-0.05, 0) is 94.5 Å². The summed E-state index contributed by atoms with van der Waals surface area (Å²) >= 11 is 0. The lowest BCUT2D eigenvalue weighted by molar-refractivity contribution is -0.164. The number of hydrogen-bond donors (Lipinski definition) is 0. The first-order chi connectivity index (χ1) is 17.4. The maximum atomic E-state index is 12.9. The van der Waals surface area contributed by atoms with Gasteiger partial charge >= 0.3 is 17.9 Å². The van der Waals surface area contributed by atoms with E-state index in [1.807, 2.05) is 67.2 Å². The molecule has 8 heteroatoms. The van der Waals surface area contributed by atoms with Crippen LogP contribution >= 0.6 is 0 Å². The van der Waals surface area contributed by atoms with Crippen LogP contribution in [0.5, 0.6) is 0 Å². The van der Waals surface area contributed by atoms with Crippen molar-refractivity contribution in [2.24, 2.45) is 0 Å². The smallest absolute Gasteiger partial charge is 0.320 e. The molecule has 0 amide bonds. The minimum Gasteiger partial charge on any atom is -0.459 e. The molecule has 0 aliphatic heterocycles. The third kappa shape index (κ3) is 14.7. The van der Waals surface area contributed by atoms with Gasteiger partial charge in [-0.1, -0.05) is 12.8 Å². The van der Waals surface area contributed by atoms with Crippen LogP contribution in [0.3, 0.4) is 0 Å². The number of carbonyl (C=O) groups excluding carboxylic acids is 3.